The van der Waals surface area contributed by atoms with Crippen molar-refractivity contribution >= 4 is 11.6 Å². The Morgan fingerprint density at radius 1 is 1.56 bits per heavy atom. The molecular weight excluding hydrogens is 211 g/mol. The second-order valence-corrected chi connectivity index (χ2v) is 4.13. The van der Waals surface area contributed by atoms with E-state index < -0.39 is 17.3 Å². The van der Waals surface area contributed by atoms with E-state index in [1.807, 2.05) is 0 Å². The fourth-order valence-corrected chi connectivity index (χ4v) is 1.50. The number of halogens is 1. The number of aliphatic hydroxyl groups is 1. The quantitative estimate of drug-likeness (QED) is 0.660. The van der Waals surface area contributed by atoms with Gasteiger partial charge in [0, 0.05) is 5.69 Å². The van der Waals surface area contributed by atoms with Crippen LogP contribution in [0, 0.1) is 5.82 Å². The van der Waals surface area contributed by atoms with Gasteiger partial charge in [0.1, 0.15) is 5.82 Å². The second-order valence-electron chi connectivity index (χ2n) is 4.13. The van der Waals surface area contributed by atoms with Crippen LogP contribution in [0.5, 0.6) is 0 Å². The van der Waals surface area contributed by atoms with E-state index in [0.29, 0.717) is 5.69 Å². The molecule has 0 atom stereocenters. The number of rotatable bonds is 3. The fourth-order valence-electron chi connectivity index (χ4n) is 1.50. The predicted octanol–water partition coefficient (Wildman–Crippen LogP) is 0.663. The molecule has 0 aliphatic heterocycles. The molecule has 1 aliphatic carbocycles. The molecule has 0 spiro atoms. The molecule has 0 aromatic heterocycles. The van der Waals surface area contributed by atoms with Gasteiger partial charge in [0.2, 0.25) is 0 Å². The van der Waals surface area contributed by atoms with Gasteiger partial charge in [-0.1, -0.05) is 0 Å². The Bertz CT molecular complexity index is 430. The number of nitrogen functional groups attached to an aromatic ring is 1. The number of benzene rings is 1. The van der Waals surface area contributed by atoms with E-state index in [0.717, 1.165) is 18.9 Å². The lowest BCUT2D eigenvalue weighted by molar-refractivity contribution is 0.0902. The molecule has 4 N–H and O–H groups in total. The summed E-state index contributed by atoms with van der Waals surface area (Å²) in [5.74, 6) is -1.14. The van der Waals surface area contributed by atoms with Crippen LogP contribution in [0.25, 0.3) is 0 Å². The summed E-state index contributed by atoms with van der Waals surface area (Å²) in [6.07, 6.45) is 1.44. The molecule has 2 rings (SSSR count). The van der Waals surface area contributed by atoms with E-state index in [9.17, 15) is 9.18 Å². The molecule has 1 aromatic rings. The van der Waals surface area contributed by atoms with Gasteiger partial charge in [0.15, 0.2) is 0 Å². The van der Waals surface area contributed by atoms with Crippen molar-refractivity contribution in [2.75, 3.05) is 12.3 Å². The molecule has 1 fully saturated rings. The Hall–Kier alpha value is -1.62. The maximum absolute atomic E-state index is 13.3. The van der Waals surface area contributed by atoms with Gasteiger partial charge < -0.3 is 16.2 Å². The smallest absolute Gasteiger partial charge is 0.254 e. The van der Waals surface area contributed by atoms with Crippen LogP contribution in [-0.4, -0.2) is 23.2 Å². The number of carbonyl (C=O) groups is 1. The highest BCUT2D eigenvalue weighted by Gasteiger charge is 2.43. The Kier molecular flexibility index (Phi) is 2.55. The van der Waals surface area contributed by atoms with Crippen LogP contribution in [-0.2, 0) is 0 Å². The summed E-state index contributed by atoms with van der Waals surface area (Å²) < 4.78 is 13.3. The van der Waals surface area contributed by atoms with Crippen LogP contribution < -0.4 is 11.1 Å². The third-order valence-electron chi connectivity index (χ3n) is 2.77. The first-order valence-electron chi connectivity index (χ1n) is 5.05. The normalized spacial score (nSPS) is 16.9. The van der Waals surface area contributed by atoms with Gasteiger partial charge in [0.25, 0.3) is 5.91 Å². The molecule has 4 nitrogen and oxygen atoms in total. The molecule has 1 saturated carbocycles. The third kappa shape index (κ3) is 1.99. The Morgan fingerprint density at radius 3 is 2.81 bits per heavy atom. The fraction of sp³-hybridized carbons (Fsp3) is 0.364. The number of hydrogen-bond donors (Lipinski definition) is 3. The molecular formula is C11H13FN2O2. The summed E-state index contributed by atoms with van der Waals surface area (Å²) in [5.41, 5.74) is 5.18. The van der Waals surface area contributed by atoms with Crippen LogP contribution in [0.1, 0.15) is 23.2 Å². The number of aliphatic hydroxyl groups excluding tert-OH is 1. The topological polar surface area (TPSA) is 75.4 Å². The molecule has 0 saturated heterocycles. The molecule has 1 amide bonds. The minimum atomic E-state index is -0.611. The number of nitrogens with two attached hydrogens (primary N) is 1. The summed E-state index contributed by atoms with van der Waals surface area (Å²) in [6, 6.07) is 3.84. The van der Waals surface area contributed by atoms with Gasteiger partial charge in [-0.15, -0.1) is 0 Å². The van der Waals surface area contributed by atoms with Crippen LogP contribution in [0.2, 0.25) is 0 Å². The van der Waals surface area contributed by atoms with E-state index in [-0.39, 0.29) is 12.2 Å². The lowest BCUT2D eigenvalue weighted by atomic mass is 10.1. The monoisotopic (exact) mass is 224 g/mol. The standard InChI is InChI=1S/C11H13FN2O2/c12-9-2-1-7(13)5-8(9)10(16)14-11(6-15)3-4-11/h1-2,5,15H,3-4,6,13H2,(H,14,16). The van der Waals surface area contributed by atoms with Crippen molar-refractivity contribution < 1.29 is 14.3 Å². The lowest BCUT2D eigenvalue weighted by Crippen LogP contribution is -2.39. The van der Waals surface area contributed by atoms with Crippen LogP contribution in [0.15, 0.2) is 18.2 Å². The molecule has 0 radical (unpaired) electrons. The van der Waals surface area contributed by atoms with Crippen LogP contribution in [0.3, 0.4) is 0 Å². The first kappa shape index (κ1) is 10.9. The SMILES string of the molecule is Nc1ccc(F)c(C(=O)NC2(CO)CC2)c1. The first-order valence-corrected chi connectivity index (χ1v) is 5.05. The zero-order chi connectivity index (χ0) is 11.8. The highest BCUT2D eigenvalue weighted by molar-refractivity contribution is 5.96. The maximum atomic E-state index is 13.3. The first-order chi connectivity index (χ1) is 7.56. The molecule has 86 valence electrons. The van der Waals surface area contributed by atoms with Gasteiger partial charge >= 0.3 is 0 Å². The van der Waals surface area contributed by atoms with Crippen molar-refractivity contribution in [2.24, 2.45) is 0 Å². The zero-order valence-electron chi connectivity index (χ0n) is 8.66. The Morgan fingerprint density at radius 2 is 2.25 bits per heavy atom. The summed E-state index contributed by atoms with van der Waals surface area (Å²) in [4.78, 5) is 11.7. The lowest BCUT2D eigenvalue weighted by Gasteiger charge is -2.14. The average molecular weight is 224 g/mol. The van der Waals surface area contributed by atoms with Gasteiger partial charge in [0.05, 0.1) is 17.7 Å². The van der Waals surface area contributed by atoms with Crippen LogP contribution >= 0.6 is 0 Å². The molecule has 0 bridgehead atoms. The molecule has 16 heavy (non-hydrogen) atoms. The molecule has 1 aliphatic rings. The van der Waals surface area contributed by atoms with E-state index in [1.165, 1.54) is 12.1 Å². The van der Waals surface area contributed by atoms with Crippen molar-refractivity contribution in [3.05, 3.63) is 29.6 Å². The highest BCUT2D eigenvalue weighted by Crippen LogP contribution is 2.34. The van der Waals surface area contributed by atoms with Gasteiger partial charge in [-0.25, -0.2) is 4.39 Å². The molecule has 0 unspecified atom stereocenters. The molecule has 0 heterocycles. The Balaban J connectivity index is 2.17. The summed E-state index contributed by atoms with van der Waals surface area (Å²) in [7, 11) is 0. The van der Waals surface area contributed by atoms with E-state index in [4.69, 9.17) is 10.8 Å². The number of anilines is 1. The van der Waals surface area contributed by atoms with E-state index >= 15 is 0 Å². The largest absolute Gasteiger partial charge is 0.399 e. The Labute approximate surface area is 92.3 Å². The zero-order valence-corrected chi connectivity index (χ0v) is 8.66. The minimum absolute atomic E-state index is 0.0836. The third-order valence-corrected chi connectivity index (χ3v) is 2.77. The number of amides is 1. The van der Waals surface area contributed by atoms with E-state index in [1.54, 1.807) is 0 Å². The van der Waals surface area contributed by atoms with Gasteiger partial charge in [-0.3, -0.25) is 4.79 Å². The minimum Gasteiger partial charge on any atom is -0.399 e. The van der Waals surface area contributed by atoms with E-state index in [2.05, 4.69) is 5.32 Å². The van der Waals surface area contributed by atoms with Gasteiger partial charge in [-0.05, 0) is 31.0 Å². The molecule has 1 aromatic carbocycles. The second kappa shape index (κ2) is 3.75. The van der Waals surface area contributed by atoms with Crippen molar-refractivity contribution in [3.8, 4) is 0 Å². The summed E-state index contributed by atoms with van der Waals surface area (Å²) in [6.45, 7) is -0.122. The van der Waals surface area contributed by atoms with Crippen molar-refractivity contribution in [3.63, 3.8) is 0 Å². The number of hydrogen-bond acceptors (Lipinski definition) is 3. The summed E-state index contributed by atoms with van der Waals surface area (Å²) in [5, 5.41) is 11.7. The van der Waals surface area contributed by atoms with Crippen LogP contribution in [0.4, 0.5) is 10.1 Å². The maximum Gasteiger partial charge on any atom is 0.254 e. The van der Waals surface area contributed by atoms with Crippen molar-refractivity contribution in [1.29, 1.82) is 0 Å². The molecule has 5 heteroatoms. The number of nitrogens with one attached hydrogen (secondary N) is 1. The highest BCUT2D eigenvalue weighted by atomic mass is 19.1. The van der Waals surface area contributed by atoms with Crippen molar-refractivity contribution in [1.82, 2.24) is 5.32 Å². The summed E-state index contributed by atoms with van der Waals surface area (Å²) >= 11 is 0. The van der Waals surface area contributed by atoms with Gasteiger partial charge in [-0.2, -0.15) is 0 Å². The predicted molar refractivity (Wildman–Crippen MR) is 57.3 cm³/mol. The average Bonchev–Trinajstić information content (AvgIpc) is 3.02. The number of carbonyl (C=O) groups excluding carboxylic acids is 1. The van der Waals surface area contributed by atoms with Crippen molar-refractivity contribution in [2.45, 2.75) is 18.4 Å².